The predicted molar refractivity (Wildman–Crippen MR) is 89.5 cm³/mol. The minimum atomic E-state index is 0.401. The van der Waals surface area contributed by atoms with Gasteiger partial charge in [-0.3, -0.25) is 9.39 Å². The Labute approximate surface area is 133 Å². The first-order chi connectivity index (χ1) is 11.3. The van der Waals surface area contributed by atoms with Crippen molar-refractivity contribution in [1.29, 1.82) is 5.26 Å². The number of aromatic nitrogens is 2. The topological polar surface area (TPSA) is 62.7 Å². The SMILES string of the molecule is C=CC(=NC)Oc1ccc(-c2cccc3nccn23)c(C#N)c1. The van der Waals surface area contributed by atoms with Crippen LogP contribution >= 0.6 is 0 Å². The lowest BCUT2D eigenvalue weighted by atomic mass is 10.0. The molecule has 0 amide bonds. The highest BCUT2D eigenvalue weighted by molar-refractivity contribution is 5.89. The summed E-state index contributed by atoms with van der Waals surface area (Å²) in [5.74, 6) is 0.946. The van der Waals surface area contributed by atoms with Crippen LogP contribution in [0.5, 0.6) is 5.75 Å². The normalized spacial score (nSPS) is 11.2. The number of hydrogen-bond acceptors (Lipinski definition) is 4. The standard InChI is InChI=1S/C18H14N4O/c1-3-18(20-2)23-14-7-8-15(13(11-14)12-19)16-5-4-6-17-21-9-10-22(16)17/h3-11H,1H2,2H3. The van der Waals surface area contributed by atoms with Crippen LogP contribution < -0.4 is 4.74 Å². The van der Waals surface area contributed by atoms with Crippen molar-refractivity contribution in [2.45, 2.75) is 0 Å². The minimum Gasteiger partial charge on any atom is -0.439 e. The summed E-state index contributed by atoms with van der Waals surface area (Å²) in [6, 6.07) is 13.4. The Morgan fingerprint density at radius 3 is 3.00 bits per heavy atom. The van der Waals surface area contributed by atoms with Gasteiger partial charge in [0, 0.05) is 25.0 Å². The summed E-state index contributed by atoms with van der Waals surface area (Å²) >= 11 is 0. The van der Waals surface area contributed by atoms with Crippen molar-refractivity contribution in [3.05, 3.63) is 67.0 Å². The van der Waals surface area contributed by atoms with E-state index < -0.39 is 0 Å². The zero-order valence-corrected chi connectivity index (χ0v) is 12.6. The molecule has 0 fully saturated rings. The van der Waals surface area contributed by atoms with Crippen molar-refractivity contribution in [3.63, 3.8) is 0 Å². The van der Waals surface area contributed by atoms with Gasteiger partial charge in [-0.25, -0.2) is 4.98 Å². The van der Waals surface area contributed by atoms with Crippen molar-refractivity contribution in [2.24, 2.45) is 4.99 Å². The number of pyridine rings is 1. The average molecular weight is 302 g/mol. The highest BCUT2D eigenvalue weighted by atomic mass is 16.5. The van der Waals surface area contributed by atoms with E-state index in [0.717, 1.165) is 16.9 Å². The van der Waals surface area contributed by atoms with E-state index in [2.05, 4.69) is 22.6 Å². The van der Waals surface area contributed by atoms with E-state index in [1.807, 2.05) is 34.9 Å². The number of fused-ring (bicyclic) bond motifs is 1. The number of hydrogen-bond donors (Lipinski definition) is 0. The molecule has 3 aromatic rings. The van der Waals surface area contributed by atoms with E-state index in [-0.39, 0.29) is 0 Å². The second kappa shape index (κ2) is 6.16. The van der Waals surface area contributed by atoms with Crippen LogP contribution in [0.25, 0.3) is 16.9 Å². The molecule has 3 rings (SSSR count). The first kappa shape index (κ1) is 14.5. The van der Waals surface area contributed by atoms with Crippen LogP contribution in [0.2, 0.25) is 0 Å². The second-order valence-corrected chi connectivity index (χ2v) is 4.75. The predicted octanol–water partition coefficient (Wildman–Crippen LogP) is 3.47. The van der Waals surface area contributed by atoms with Crippen molar-refractivity contribution < 1.29 is 4.74 Å². The molecule has 1 aromatic carbocycles. The number of benzene rings is 1. The molecule has 0 radical (unpaired) electrons. The summed E-state index contributed by atoms with van der Waals surface area (Å²) in [7, 11) is 1.62. The quantitative estimate of drug-likeness (QED) is 0.550. The molecule has 23 heavy (non-hydrogen) atoms. The van der Waals surface area contributed by atoms with Crippen LogP contribution in [0.15, 0.2) is 66.4 Å². The van der Waals surface area contributed by atoms with Crippen LogP contribution in [-0.2, 0) is 0 Å². The Kier molecular flexibility index (Phi) is 3.89. The van der Waals surface area contributed by atoms with Crippen LogP contribution in [0.1, 0.15) is 5.56 Å². The minimum absolute atomic E-state index is 0.401. The molecule has 0 spiro atoms. The third-order valence-electron chi connectivity index (χ3n) is 3.43. The second-order valence-electron chi connectivity index (χ2n) is 4.75. The summed E-state index contributed by atoms with van der Waals surface area (Å²) in [6.07, 6.45) is 5.12. The lowest BCUT2D eigenvalue weighted by Gasteiger charge is -2.10. The number of nitriles is 1. The molecule has 112 valence electrons. The lowest BCUT2D eigenvalue weighted by molar-refractivity contribution is 0.554. The number of imidazole rings is 1. The maximum atomic E-state index is 9.49. The molecule has 0 N–H and O–H groups in total. The molecule has 0 aliphatic carbocycles. The third kappa shape index (κ3) is 2.70. The monoisotopic (exact) mass is 302 g/mol. The molecule has 5 nitrogen and oxygen atoms in total. The lowest BCUT2D eigenvalue weighted by Crippen LogP contribution is -2.04. The third-order valence-corrected chi connectivity index (χ3v) is 3.43. The van der Waals surface area contributed by atoms with Gasteiger partial charge in [-0.15, -0.1) is 0 Å². The summed E-state index contributed by atoms with van der Waals surface area (Å²) in [4.78, 5) is 8.22. The van der Waals surface area contributed by atoms with E-state index in [4.69, 9.17) is 4.74 Å². The Hall–Kier alpha value is -3.39. The summed E-state index contributed by atoms with van der Waals surface area (Å²) in [6.45, 7) is 3.63. The molecule has 0 bridgehead atoms. The maximum Gasteiger partial charge on any atom is 0.213 e. The molecule has 0 saturated heterocycles. The molecular weight excluding hydrogens is 288 g/mol. The van der Waals surface area contributed by atoms with Gasteiger partial charge in [-0.05, 0) is 36.4 Å². The van der Waals surface area contributed by atoms with E-state index in [9.17, 15) is 5.26 Å². The largest absolute Gasteiger partial charge is 0.439 e. The van der Waals surface area contributed by atoms with Crippen LogP contribution in [0.3, 0.4) is 0 Å². The van der Waals surface area contributed by atoms with Gasteiger partial charge in [0.05, 0.1) is 17.3 Å². The van der Waals surface area contributed by atoms with Gasteiger partial charge in [-0.2, -0.15) is 5.26 Å². The van der Waals surface area contributed by atoms with Gasteiger partial charge in [0.15, 0.2) is 0 Å². The summed E-state index contributed by atoms with van der Waals surface area (Å²) in [5.41, 5.74) is 3.07. The molecule has 0 aliphatic rings. The first-order valence-corrected chi connectivity index (χ1v) is 7.00. The van der Waals surface area contributed by atoms with Gasteiger partial charge in [-0.1, -0.05) is 12.6 Å². The first-order valence-electron chi connectivity index (χ1n) is 7.00. The van der Waals surface area contributed by atoms with Crippen LogP contribution in [-0.4, -0.2) is 22.3 Å². The number of nitrogens with zero attached hydrogens (tertiary/aromatic N) is 4. The molecular formula is C18H14N4O. The van der Waals surface area contributed by atoms with Crippen molar-refractivity contribution >= 4 is 11.5 Å². The molecule has 0 saturated carbocycles. The molecule has 5 heteroatoms. The molecule has 0 aliphatic heterocycles. The highest BCUT2D eigenvalue weighted by Gasteiger charge is 2.11. The zero-order chi connectivity index (χ0) is 16.2. The number of aliphatic imine (C=N–C) groups is 1. The zero-order valence-electron chi connectivity index (χ0n) is 12.6. The van der Waals surface area contributed by atoms with Crippen molar-refractivity contribution in [3.8, 4) is 23.1 Å². The van der Waals surface area contributed by atoms with Gasteiger partial charge in [0.1, 0.15) is 11.4 Å². The summed E-state index contributed by atoms with van der Waals surface area (Å²) in [5, 5.41) is 9.49. The van der Waals surface area contributed by atoms with Crippen molar-refractivity contribution in [1.82, 2.24) is 9.38 Å². The fourth-order valence-electron chi connectivity index (χ4n) is 2.37. The molecule has 2 aromatic heterocycles. The average Bonchev–Trinajstić information content (AvgIpc) is 3.08. The van der Waals surface area contributed by atoms with Crippen LogP contribution in [0.4, 0.5) is 0 Å². The Balaban J connectivity index is 2.09. The van der Waals surface area contributed by atoms with Gasteiger partial charge >= 0.3 is 0 Å². The van der Waals surface area contributed by atoms with E-state index in [1.54, 1.807) is 25.4 Å². The van der Waals surface area contributed by atoms with E-state index >= 15 is 0 Å². The fraction of sp³-hybridized carbons (Fsp3) is 0.0556. The number of rotatable bonds is 3. The maximum absolute atomic E-state index is 9.49. The van der Waals surface area contributed by atoms with Gasteiger partial charge < -0.3 is 4.74 Å². The molecule has 2 heterocycles. The fourth-order valence-corrected chi connectivity index (χ4v) is 2.37. The number of ether oxygens (including phenoxy) is 1. The Morgan fingerprint density at radius 1 is 1.39 bits per heavy atom. The molecule has 0 atom stereocenters. The van der Waals surface area contributed by atoms with Gasteiger partial charge in [0.25, 0.3) is 0 Å². The molecule has 0 unspecified atom stereocenters. The van der Waals surface area contributed by atoms with E-state index in [1.165, 1.54) is 6.08 Å². The van der Waals surface area contributed by atoms with Crippen LogP contribution in [0, 0.1) is 11.3 Å². The van der Waals surface area contributed by atoms with E-state index in [0.29, 0.717) is 17.2 Å². The van der Waals surface area contributed by atoms with Crippen molar-refractivity contribution in [2.75, 3.05) is 7.05 Å². The smallest absolute Gasteiger partial charge is 0.213 e. The Bertz CT molecular complexity index is 947. The highest BCUT2D eigenvalue weighted by Crippen LogP contribution is 2.27. The summed E-state index contributed by atoms with van der Waals surface area (Å²) < 4.78 is 7.52. The Morgan fingerprint density at radius 2 is 2.26 bits per heavy atom. The van der Waals surface area contributed by atoms with Gasteiger partial charge in [0.2, 0.25) is 5.90 Å².